The quantitative estimate of drug-likeness (QED) is 0.776. The molecule has 118 valence electrons. The van der Waals surface area contributed by atoms with Crippen LogP contribution in [-0.4, -0.2) is 44.9 Å². The van der Waals surface area contributed by atoms with Crippen molar-refractivity contribution in [3.8, 4) is 0 Å². The van der Waals surface area contributed by atoms with E-state index < -0.39 is 5.60 Å². The van der Waals surface area contributed by atoms with Gasteiger partial charge in [-0.15, -0.1) is 0 Å². The molecule has 1 atom stereocenters. The molecule has 1 aromatic heterocycles. The molecule has 5 nitrogen and oxygen atoms in total. The zero-order valence-electron chi connectivity index (χ0n) is 13.0. The van der Waals surface area contributed by atoms with Crippen LogP contribution in [0.2, 0.25) is 0 Å². The van der Waals surface area contributed by atoms with E-state index in [0.717, 1.165) is 41.3 Å². The number of hydrogen-bond acceptors (Lipinski definition) is 4. The topological polar surface area (TPSA) is 78.0 Å². The zero-order valence-corrected chi connectivity index (χ0v) is 13.8. The summed E-state index contributed by atoms with van der Waals surface area (Å²) in [5.74, 6) is 2.06. The highest BCUT2D eigenvalue weighted by molar-refractivity contribution is 7.99. The molecule has 1 aromatic rings. The number of aryl methyl sites for hydroxylation is 2. The number of thioether (sulfide) groups is 1. The minimum absolute atomic E-state index is 0.00542. The standard InChI is InChI=1S/C15H25N3O2S/c1-10(14-11(2)17-18-12(14)3)8-13(19)16-9-15(20)4-6-21-7-5-15/h10,20H,4-9H2,1-3H3,(H,16,19)(H,17,18). The lowest BCUT2D eigenvalue weighted by molar-refractivity contribution is -0.122. The number of aromatic amines is 1. The van der Waals surface area contributed by atoms with Crippen LogP contribution in [0.5, 0.6) is 0 Å². The molecule has 1 amide bonds. The molecule has 0 spiro atoms. The second kappa shape index (κ2) is 6.83. The Morgan fingerprint density at radius 2 is 2.14 bits per heavy atom. The van der Waals surface area contributed by atoms with Crippen LogP contribution in [0.3, 0.4) is 0 Å². The first-order chi connectivity index (χ1) is 9.91. The van der Waals surface area contributed by atoms with Crippen LogP contribution in [0.25, 0.3) is 0 Å². The van der Waals surface area contributed by atoms with E-state index in [0.29, 0.717) is 13.0 Å². The van der Waals surface area contributed by atoms with Gasteiger partial charge in [0.25, 0.3) is 0 Å². The SMILES string of the molecule is Cc1n[nH]c(C)c1C(C)CC(=O)NCC1(O)CCSCC1. The predicted octanol–water partition coefficient (Wildman–Crippen LogP) is 1.89. The molecule has 6 heteroatoms. The Balaban J connectivity index is 1.84. The summed E-state index contributed by atoms with van der Waals surface area (Å²) in [7, 11) is 0. The van der Waals surface area contributed by atoms with E-state index in [1.54, 1.807) is 0 Å². The molecule has 21 heavy (non-hydrogen) atoms. The minimum Gasteiger partial charge on any atom is -0.388 e. The molecule has 1 aliphatic heterocycles. The van der Waals surface area contributed by atoms with Crippen LogP contribution in [-0.2, 0) is 4.79 Å². The first-order valence-electron chi connectivity index (χ1n) is 7.49. The third kappa shape index (κ3) is 4.23. The Morgan fingerprint density at radius 3 is 2.71 bits per heavy atom. The van der Waals surface area contributed by atoms with Gasteiger partial charge in [0.2, 0.25) is 5.91 Å². The first kappa shape index (κ1) is 16.4. The Labute approximate surface area is 130 Å². The number of carbonyl (C=O) groups is 1. The van der Waals surface area contributed by atoms with Crippen molar-refractivity contribution in [2.45, 2.75) is 51.6 Å². The lowest BCUT2D eigenvalue weighted by Gasteiger charge is -2.32. The highest BCUT2D eigenvalue weighted by Gasteiger charge is 2.30. The van der Waals surface area contributed by atoms with Gasteiger partial charge in [0.1, 0.15) is 0 Å². The van der Waals surface area contributed by atoms with Gasteiger partial charge in [-0.1, -0.05) is 6.92 Å². The van der Waals surface area contributed by atoms with Crippen molar-refractivity contribution in [1.82, 2.24) is 15.5 Å². The van der Waals surface area contributed by atoms with Gasteiger partial charge in [0, 0.05) is 18.7 Å². The Kier molecular flexibility index (Phi) is 5.32. The summed E-state index contributed by atoms with van der Waals surface area (Å²) >= 11 is 1.86. The molecule has 0 aromatic carbocycles. The number of aromatic nitrogens is 2. The molecule has 3 N–H and O–H groups in total. The van der Waals surface area contributed by atoms with Crippen LogP contribution in [0.1, 0.15) is 49.1 Å². The summed E-state index contributed by atoms with van der Waals surface area (Å²) in [6, 6.07) is 0. The second-order valence-electron chi connectivity index (χ2n) is 6.07. The monoisotopic (exact) mass is 311 g/mol. The molecule has 1 unspecified atom stereocenters. The van der Waals surface area contributed by atoms with Gasteiger partial charge >= 0.3 is 0 Å². The van der Waals surface area contributed by atoms with E-state index in [9.17, 15) is 9.90 Å². The van der Waals surface area contributed by atoms with Crippen LogP contribution < -0.4 is 5.32 Å². The second-order valence-corrected chi connectivity index (χ2v) is 7.29. The number of carbonyl (C=O) groups excluding carboxylic acids is 1. The first-order valence-corrected chi connectivity index (χ1v) is 8.65. The lowest BCUT2D eigenvalue weighted by Crippen LogP contribution is -2.45. The van der Waals surface area contributed by atoms with Crippen molar-refractivity contribution in [1.29, 1.82) is 0 Å². The van der Waals surface area contributed by atoms with Gasteiger partial charge in [0.15, 0.2) is 0 Å². The molecule has 1 fully saturated rings. The maximum absolute atomic E-state index is 12.1. The zero-order chi connectivity index (χ0) is 15.5. The number of rotatable bonds is 5. The fourth-order valence-corrected chi connectivity index (χ4v) is 4.18. The third-order valence-electron chi connectivity index (χ3n) is 4.21. The van der Waals surface area contributed by atoms with E-state index in [4.69, 9.17) is 0 Å². The number of hydrogen-bond donors (Lipinski definition) is 3. The fraction of sp³-hybridized carbons (Fsp3) is 0.733. The van der Waals surface area contributed by atoms with E-state index in [1.807, 2.05) is 32.5 Å². The van der Waals surface area contributed by atoms with Crippen molar-refractivity contribution in [3.63, 3.8) is 0 Å². The Hall–Kier alpha value is -1.01. The number of nitrogens with one attached hydrogen (secondary N) is 2. The maximum atomic E-state index is 12.1. The highest BCUT2D eigenvalue weighted by atomic mass is 32.2. The fourth-order valence-electron chi connectivity index (χ4n) is 2.93. The summed E-state index contributed by atoms with van der Waals surface area (Å²) in [4.78, 5) is 12.1. The summed E-state index contributed by atoms with van der Waals surface area (Å²) in [5, 5.41) is 20.4. The number of aliphatic hydroxyl groups is 1. The Bertz CT molecular complexity index is 476. The van der Waals surface area contributed by atoms with Gasteiger partial charge in [-0.05, 0) is 49.7 Å². The maximum Gasteiger partial charge on any atom is 0.220 e. The van der Waals surface area contributed by atoms with Crippen molar-refractivity contribution >= 4 is 17.7 Å². The van der Waals surface area contributed by atoms with Gasteiger partial charge in [-0.2, -0.15) is 16.9 Å². The third-order valence-corrected chi connectivity index (χ3v) is 5.19. The van der Waals surface area contributed by atoms with Crippen LogP contribution in [0.15, 0.2) is 0 Å². The molecule has 2 rings (SSSR count). The van der Waals surface area contributed by atoms with Gasteiger partial charge in [-0.3, -0.25) is 9.89 Å². The van der Waals surface area contributed by atoms with E-state index >= 15 is 0 Å². The molecule has 0 aliphatic carbocycles. The summed E-state index contributed by atoms with van der Waals surface area (Å²) in [6.07, 6.45) is 1.94. The number of amides is 1. The lowest BCUT2D eigenvalue weighted by atomic mass is 9.94. The van der Waals surface area contributed by atoms with Crippen LogP contribution in [0.4, 0.5) is 0 Å². The van der Waals surface area contributed by atoms with Crippen LogP contribution >= 0.6 is 11.8 Å². The summed E-state index contributed by atoms with van der Waals surface area (Å²) in [5.41, 5.74) is 2.38. The molecule has 1 saturated heterocycles. The van der Waals surface area contributed by atoms with Crippen molar-refractivity contribution in [3.05, 3.63) is 17.0 Å². The summed E-state index contributed by atoms with van der Waals surface area (Å²) in [6.45, 7) is 6.33. The van der Waals surface area contributed by atoms with Gasteiger partial charge < -0.3 is 10.4 Å². The largest absolute Gasteiger partial charge is 0.388 e. The average Bonchev–Trinajstić information content (AvgIpc) is 2.77. The van der Waals surface area contributed by atoms with Crippen molar-refractivity contribution in [2.75, 3.05) is 18.1 Å². The molecule has 0 bridgehead atoms. The minimum atomic E-state index is -0.717. The Morgan fingerprint density at radius 1 is 1.48 bits per heavy atom. The van der Waals surface area contributed by atoms with Crippen LogP contribution in [0, 0.1) is 13.8 Å². The number of nitrogens with zero attached hydrogens (tertiary/aromatic N) is 1. The normalized spacial score (nSPS) is 19.2. The van der Waals surface area contributed by atoms with Crippen molar-refractivity contribution < 1.29 is 9.90 Å². The molecule has 2 heterocycles. The predicted molar refractivity (Wildman–Crippen MR) is 85.6 cm³/mol. The average molecular weight is 311 g/mol. The highest BCUT2D eigenvalue weighted by Crippen LogP contribution is 2.27. The smallest absolute Gasteiger partial charge is 0.220 e. The van der Waals surface area contributed by atoms with E-state index in [-0.39, 0.29) is 11.8 Å². The molecule has 1 aliphatic rings. The number of H-pyrrole nitrogens is 1. The van der Waals surface area contributed by atoms with Crippen molar-refractivity contribution in [2.24, 2.45) is 0 Å². The molecule has 0 saturated carbocycles. The van der Waals surface area contributed by atoms with Gasteiger partial charge in [0.05, 0.1) is 11.3 Å². The molecule has 0 radical (unpaired) electrons. The molecular weight excluding hydrogens is 286 g/mol. The molecular formula is C15H25N3O2S. The van der Waals surface area contributed by atoms with Gasteiger partial charge in [-0.25, -0.2) is 0 Å². The van der Waals surface area contributed by atoms with E-state index in [2.05, 4.69) is 15.5 Å². The van der Waals surface area contributed by atoms with E-state index in [1.165, 1.54) is 0 Å². The summed E-state index contributed by atoms with van der Waals surface area (Å²) < 4.78 is 0.